The Hall–Kier alpha value is -3.59. The minimum absolute atomic E-state index is 0.123. The average Bonchev–Trinajstić information content (AvgIpc) is 3.44. The first-order chi connectivity index (χ1) is 16.1. The number of rotatable bonds is 9. The lowest BCUT2D eigenvalue weighted by Gasteiger charge is -2.09. The van der Waals surface area contributed by atoms with E-state index in [9.17, 15) is 9.59 Å². The molecule has 170 valence electrons. The highest BCUT2D eigenvalue weighted by Gasteiger charge is 2.20. The minimum atomic E-state index is -0.246. The van der Waals surface area contributed by atoms with Crippen molar-refractivity contribution in [2.45, 2.75) is 19.1 Å². The van der Waals surface area contributed by atoms with Gasteiger partial charge in [-0.1, -0.05) is 23.4 Å². The van der Waals surface area contributed by atoms with Crippen LogP contribution in [0, 0.1) is 0 Å². The zero-order valence-electron chi connectivity index (χ0n) is 18.6. The van der Waals surface area contributed by atoms with E-state index >= 15 is 0 Å². The Bertz CT molecular complexity index is 1260. The molecule has 2 amide bonds. The first-order valence-corrected chi connectivity index (χ1v) is 12.2. The predicted molar refractivity (Wildman–Crippen MR) is 131 cm³/mol. The molecule has 8 nitrogen and oxygen atoms in total. The van der Waals surface area contributed by atoms with Gasteiger partial charge in [-0.15, -0.1) is 5.10 Å². The fourth-order valence-corrected chi connectivity index (χ4v) is 4.23. The van der Waals surface area contributed by atoms with Crippen molar-refractivity contribution in [2.75, 3.05) is 19.3 Å². The highest BCUT2D eigenvalue weighted by molar-refractivity contribution is 7.97. The number of aromatic nitrogens is 4. The number of carbonyl (C=O) groups excluding carboxylic acids is 2. The number of amides is 2. The van der Waals surface area contributed by atoms with E-state index < -0.39 is 0 Å². The molecule has 2 aromatic heterocycles. The average molecular weight is 463 g/mol. The lowest BCUT2D eigenvalue weighted by molar-refractivity contribution is 0.0943. The highest BCUT2D eigenvalue weighted by atomic mass is 32.2. The molecule has 0 fully saturated rings. The Morgan fingerprint density at radius 2 is 1.85 bits per heavy atom. The topological polar surface area (TPSA) is 105 Å². The van der Waals surface area contributed by atoms with Crippen molar-refractivity contribution in [3.05, 3.63) is 77.2 Å². The molecule has 0 radical (unpaired) electrons. The van der Waals surface area contributed by atoms with Crippen LogP contribution in [0.25, 0.3) is 16.6 Å². The number of nitrogens with zero attached hydrogens (tertiary/aromatic N) is 3. The standard InChI is InChI=1S/C24H26N6O2S/c1-3-25-23(31)16-8-10-18(11-9-16)30-21(15-33-2)22(28-29-30)24(32)26-13-12-17-14-27-20-7-5-4-6-19(17)20/h4-11,14,27H,3,12-13,15H2,1-2H3,(H,25,31)(H,26,32). The summed E-state index contributed by atoms with van der Waals surface area (Å²) in [5.41, 5.74) is 4.60. The summed E-state index contributed by atoms with van der Waals surface area (Å²) < 4.78 is 1.66. The molecular weight excluding hydrogens is 436 g/mol. The molecule has 0 aliphatic heterocycles. The monoisotopic (exact) mass is 462 g/mol. The van der Waals surface area contributed by atoms with E-state index in [2.05, 4.69) is 32.0 Å². The molecule has 0 aliphatic rings. The van der Waals surface area contributed by atoms with Gasteiger partial charge >= 0.3 is 0 Å². The van der Waals surface area contributed by atoms with Crippen molar-refractivity contribution in [2.24, 2.45) is 0 Å². The number of fused-ring (bicyclic) bond motifs is 1. The van der Waals surface area contributed by atoms with Crippen LogP contribution >= 0.6 is 11.8 Å². The second-order valence-electron chi connectivity index (χ2n) is 7.50. The number of thioether (sulfide) groups is 1. The molecular formula is C24H26N6O2S. The second-order valence-corrected chi connectivity index (χ2v) is 8.37. The van der Waals surface area contributed by atoms with Gasteiger partial charge < -0.3 is 15.6 Å². The number of hydrogen-bond acceptors (Lipinski definition) is 5. The predicted octanol–water partition coefficient (Wildman–Crippen LogP) is 3.33. The summed E-state index contributed by atoms with van der Waals surface area (Å²) in [6, 6.07) is 15.2. The van der Waals surface area contributed by atoms with Crippen LogP contribution in [-0.4, -0.2) is 51.1 Å². The zero-order valence-corrected chi connectivity index (χ0v) is 19.4. The van der Waals surface area contributed by atoms with Crippen LogP contribution in [0.3, 0.4) is 0 Å². The van der Waals surface area contributed by atoms with Crippen molar-refractivity contribution >= 4 is 34.5 Å². The van der Waals surface area contributed by atoms with Crippen molar-refractivity contribution < 1.29 is 9.59 Å². The van der Waals surface area contributed by atoms with Gasteiger partial charge in [0.25, 0.3) is 11.8 Å². The summed E-state index contributed by atoms with van der Waals surface area (Å²) in [5, 5.41) is 15.3. The third-order valence-electron chi connectivity index (χ3n) is 5.33. The minimum Gasteiger partial charge on any atom is -0.361 e. The third kappa shape index (κ3) is 4.93. The van der Waals surface area contributed by atoms with E-state index in [0.29, 0.717) is 36.5 Å². The Labute approximate surface area is 196 Å². The Kier molecular flexibility index (Phi) is 7.09. The van der Waals surface area contributed by atoms with Crippen LogP contribution in [-0.2, 0) is 12.2 Å². The molecule has 0 atom stereocenters. The maximum atomic E-state index is 12.9. The molecule has 0 bridgehead atoms. The maximum Gasteiger partial charge on any atom is 0.273 e. The van der Waals surface area contributed by atoms with Gasteiger partial charge in [-0.2, -0.15) is 11.8 Å². The van der Waals surface area contributed by atoms with Crippen molar-refractivity contribution in [3.8, 4) is 5.69 Å². The number of para-hydroxylation sites is 1. The molecule has 9 heteroatoms. The van der Waals surface area contributed by atoms with Gasteiger partial charge in [0.05, 0.1) is 11.4 Å². The Morgan fingerprint density at radius 1 is 1.06 bits per heavy atom. The van der Waals surface area contributed by atoms with Gasteiger partial charge in [0.1, 0.15) is 0 Å². The van der Waals surface area contributed by atoms with Crippen LogP contribution in [0.5, 0.6) is 0 Å². The van der Waals surface area contributed by atoms with Gasteiger partial charge in [0, 0.05) is 41.5 Å². The number of hydrogen-bond donors (Lipinski definition) is 3. The molecule has 3 N–H and O–H groups in total. The van der Waals surface area contributed by atoms with E-state index in [0.717, 1.165) is 27.8 Å². The quantitative estimate of drug-likeness (QED) is 0.354. The number of benzene rings is 2. The Morgan fingerprint density at radius 3 is 2.61 bits per heavy atom. The summed E-state index contributed by atoms with van der Waals surface area (Å²) in [5.74, 6) is 0.210. The van der Waals surface area contributed by atoms with E-state index in [1.165, 1.54) is 0 Å². The van der Waals surface area contributed by atoms with Gasteiger partial charge in [0.2, 0.25) is 0 Å². The van der Waals surface area contributed by atoms with E-state index in [-0.39, 0.29) is 11.8 Å². The SMILES string of the molecule is CCNC(=O)c1ccc(-n2nnc(C(=O)NCCc3c[nH]c4ccccc34)c2CSC)cc1. The summed E-state index contributed by atoms with van der Waals surface area (Å²) >= 11 is 1.59. The van der Waals surface area contributed by atoms with E-state index in [1.54, 1.807) is 28.6 Å². The van der Waals surface area contributed by atoms with Crippen molar-refractivity contribution in [1.82, 2.24) is 30.6 Å². The van der Waals surface area contributed by atoms with Crippen LogP contribution < -0.4 is 10.6 Å². The summed E-state index contributed by atoms with van der Waals surface area (Å²) in [6.45, 7) is 2.94. The highest BCUT2D eigenvalue weighted by Crippen LogP contribution is 2.20. The van der Waals surface area contributed by atoms with Crippen molar-refractivity contribution in [3.63, 3.8) is 0 Å². The molecule has 2 aromatic carbocycles. The summed E-state index contributed by atoms with van der Waals surface area (Å²) in [6.07, 6.45) is 4.66. The van der Waals surface area contributed by atoms with E-state index in [4.69, 9.17) is 0 Å². The van der Waals surface area contributed by atoms with Crippen LogP contribution in [0.15, 0.2) is 54.7 Å². The lowest BCUT2D eigenvalue weighted by Crippen LogP contribution is -2.27. The number of H-pyrrole nitrogens is 1. The molecule has 33 heavy (non-hydrogen) atoms. The van der Waals surface area contributed by atoms with Gasteiger partial charge in [-0.25, -0.2) is 4.68 Å². The Balaban J connectivity index is 1.47. The molecule has 0 saturated heterocycles. The van der Waals surface area contributed by atoms with Gasteiger partial charge in [-0.05, 0) is 55.5 Å². The van der Waals surface area contributed by atoms with Gasteiger partial charge in [0.15, 0.2) is 5.69 Å². The summed E-state index contributed by atoms with van der Waals surface area (Å²) in [4.78, 5) is 28.2. The van der Waals surface area contributed by atoms with Crippen molar-refractivity contribution in [1.29, 1.82) is 0 Å². The van der Waals surface area contributed by atoms with Crippen LogP contribution in [0.2, 0.25) is 0 Å². The van der Waals surface area contributed by atoms with Crippen LogP contribution in [0.1, 0.15) is 39.0 Å². The fraction of sp³-hybridized carbons (Fsp3) is 0.250. The van der Waals surface area contributed by atoms with Crippen LogP contribution in [0.4, 0.5) is 0 Å². The second kappa shape index (κ2) is 10.4. The van der Waals surface area contributed by atoms with E-state index in [1.807, 2.05) is 49.7 Å². The molecule has 4 aromatic rings. The smallest absolute Gasteiger partial charge is 0.273 e. The molecule has 0 aliphatic carbocycles. The van der Waals surface area contributed by atoms with Gasteiger partial charge in [-0.3, -0.25) is 9.59 Å². The largest absolute Gasteiger partial charge is 0.361 e. The molecule has 2 heterocycles. The number of carbonyl (C=O) groups is 2. The molecule has 0 unspecified atom stereocenters. The fourth-order valence-electron chi connectivity index (χ4n) is 3.70. The number of nitrogens with one attached hydrogen (secondary N) is 3. The first kappa shape index (κ1) is 22.6. The normalized spacial score (nSPS) is 11.0. The molecule has 0 spiro atoms. The first-order valence-electron chi connectivity index (χ1n) is 10.8. The number of aromatic amines is 1. The third-order valence-corrected chi connectivity index (χ3v) is 5.89. The maximum absolute atomic E-state index is 12.9. The lowest BCUT2D eigenvalue weighted by atomic mass is 10.1. The molecule has 4 rings (SSSR count). The zero-order chi connectivity index (χ0) is 23.2. The molecule has 0 saturated carbocycles. The summed E-state index contributed by atoms with van der Waals surface area (Å²) in [7, 11) is 0.